The first-order valence-corrected chi connectivity index (χ1v) is 3.68. The van der Waals surface area contributed by atoms with Crippen LogP contribution in [0.25, 0.3) is 0 Å². The molecule has 1 aliphatic rings. The number of carbonyl (C=O) groups is 1. The quantitative estimate of drug-likeness (QED) is 0.629. The number of nitrogens with one attached hydrogen (secondary N) is 1. The summed E-state index contributed by atoms with van der Waals surface area (Å²) in [5.41, 5.74) is 0. The molecule has 11 heavy (non-hydrogen) atoms. The summed E-state index contributed by atoms with van der Waals surface area (Å²) in [4.78, 5) is 10.5. The monoisotopic (exact) mass is 179 g/mol. The zero-order valence-corrected chi connectivity index (χ0v) is 7.36. The lowest BCUT2D eigenvalue weighted by Gasteiger charge is -2.26. The van der Waals surface area contributed by atoms with E-state index in [0.29, 0.717) is 0 Å². The molecule has 0 aliphatic carbocycles. The largest absolute Gasteiger partial charge is 0.481 e. The van der Waals surface area contributed by atoms with Gasteiger partial charge in [0, 0.05) is 6.04 Å². The van der Waals surface area contributed by atoms with E-state index in [9.17, 15) is 4.79 Å². The third kappa shape index (κ3) is 2.67. The molecule has 2 atom stereocenters. The summed E-state index contributed by atoms with van der Waals surface area (Å²) in [5, 5.41) is 11.8. The van der Waals surface area contributed by atoms with Crippen molar-refractivity contribution in [3.8, 4) is 0 Å². The molecule has 1 fully saturated rings. The Hall–Kier alpha value is -0.280. The van der Waals surface area contributed by atoms with E-state index in [1.807, 2.05) is 6.92 Å². The summed E-state index contributed by atoms with van der Waals surface area (Å²) in [5.74, 6) is -0.839. The fraction of sp³-hybridized carbons (Fsp3) is 0.857. The summed E-state index contributed by atoms with van der Waals surface area (Å²) < 4.78 is 0. The highest BCUT2D eigenvalue weighted by Gasteiger charge is 2.26. The summed E-state index contributed by atoms with van der Waals surface area (Å²) in [6.45, 7) is 2.89. The van der Waals surface area contributed by atoms with Gasteiger partial charge in [-0.1, -0.05) is 0 Å². The molecular weight excluding hydrogens is 166 g/mol. The van der Waals surface area contributed by atoms with Gasteiger partial charge in [0.05, 0.1) is 5.92 Å². The third-order valence-corrected chi connectivity index (χ3v) is 2.08. The van der Waals surface area contributed by atoms with Gasteiger partial charge in [-0.15, -0.1) is 12.4 Å². The van der Waals surface area contributed by atoms with Crippen molar-refractivity contribution in [3.63, 3.8) is 0 Å². The second-order valence-corrected chi connectivity index (χ2v) is 2.83. The molecule has 0 radical (unpaired) electrons. The van der Waals surface area contributed by atoms with Crippen molar-refractivity contribution in [1.82, 2.24) is 5.32 Å². The Morgan fingerprint density at radius 2 is 2.27 bits per heavy atom. The number of carboxylic acids is 1. The van der Waals surface area contributed by atoms with Crippen molar-refractivity contribution in [2.24, 2.45) is 5.92 Å². The van der Waals surface area contributed by atoms with Crippen molar-refractivity contribution >= 4 is 18.4 Å². The number of hydrogen-bond acceptors (Lipinski definition) is 2. The van der Waals surface area contributed by atoms with E-state index in [-0.39, 0.29) is 24.4 Å². The van der Waals surface area contributed by atoms with Crippen molar-refractivity contribution in [2.45, 2.75) is 25.8 Å². The van der Waals surface area contributed by atoms with Crippen LogP contribution in [0.5, 0.6) is 0 Å². The van der Waals surface area contributed by atoms with E-state index >= 15 is 0 Å². The van der Waals surface area contributed by atoms with Crippen molar-refractivity contribution in [2.75, 3.05) is 6.54 Å². The molecule has 1 aliphatic heterocycles. The van der Waals surface area contributed by atoms with E-state index in [4.69, 9.17) is 5.11 Å². The van der Waals surface area contributed by atoms with Gasteiger partial charge >= 0.3 is 5.97 Å². The Morgan fingerprint density at radius 3 is 2.64 bits per heavy atom. The lowest BCUT2D eigenvalue weighted by molar-refractivity contribution is -0.143. The Bertz CT molecular complexity index is 140. The molecule has 1 saturated heterocycles. The molecule has 0 unspecified atom stereocenters. The molecule has 2 N–H and O–H groups in total. The second kappa shape index (κ2) is 4.57. The number of piperidine rings is 1. The lowest BCUT2D eigenvalue weighted by Crippen LogP contribution is -2.42. The summed E-state index contributed by atoms with van der Waals surface area (Å²) in [7, 11) is 0. The van der Waals surface area contributed by atoms with Crippen LogP contribution in [-0.4, -0.2) is 23.7 Å². The van der Waals surface area contributed by atoms with Gasteiger partial charge in [0.25, 0.3) is 0 Å². The highest BCUT2D eigenvalue weighted by molar-refractivity contribution is 5.85. The topological polar surface area (TPSA) is 49.3 Å². The highest BCUT2D eigenvalue weighted by atomic mass is 35.5. The summed E-state index contributed by atoms with van der Waals surface area (Å²) in [6, 6.07) is 0.145. The smallest absolute Gasteiger partial charge is 0.308 e. The molecule has 4 heteroatoms. The normalized spacial score (nSPS) is 30.6. The van der Waals surface area contributed by atoms with Crippen LogP contribution < -0.4 is 5.32 Å². The van der Waals surface area contributed by atoms with E-state index in [0.717, 1.165) is 19.4 Å². The molecule has 0 spiro atoms. The predicted molar refractivity (Wildman–Crippen MR) is 45.1 cm³/mol. The second-order valence-electron chi connectivity index (χ2n) is 2.83. The molecule has 0 aromatic rings. The Morgan fingerprint density at radius 1 is 1.64 bits per heavy atom. The maximum Gasteiger partial charge on any atom is 0.308 e. The first kappa shape index (κ1) is 10.7. The SMILES string of the molecule is C[C@H]1NCCC[C@H]1C(=O)O.Cl. The standard InChI is InChI=1S/C7H13NO2.ClH/c1-5-6(7(9)10)3-2-4-8-5;/h5-6,8H,2-4H2,1H3,(H,9,10);1H/t5-,6-;/m1./s1. The van der Waals surface area contributed by atoms with Crippen molar-refractivity contribution in [3.05, 3.63) is 0 Å². The van der Waals surface area contributed by atoms with Crippen LogP contribution >= 0.6 is 12.4 Å². The fourth-order valence-corrected chi connectivity index (χ4v) is 1.38. The summed E-state index contributed by atoms with van der Waals surface area (Å²) >= 11 is 0. The molecule has 0 amide bonds. The molecule has 0 aromatic heterocycles. The van der Waals surface area contributed by atoms with Crippen LogP contribution in [0.4, 0.5) is 0 Å². The minimum atomic E-state index is -0.667. The molecule has 0 bridgehead atoms. The van der Waals surface area contributed by atoms with E-state index in [1.54, 1.807) is 0 Å². The molecular formula is C7H14ClNO2. The Balaban J connectivity index is 0.000001000. The van der Waals surface area contributed by atoms with Gasteiger partial charge in [-0.3, -0.25) is 4.79 Å². The van der Waals surface area contributed by atoms with Gasteiger partial charge in [-0.05, 0) is 26.3 Å². The zero-order chi connectivity index (χ0) is 7.56. The maximum atomic E-state index is 10.5. The van der Waals surface area contributed by atoms with Crippen LogP contribution in [-0.2, 0) is 4.79 Å². The molecule has 0 saturated carbocycles. The predicted octanol–water partition coefficient (Wildman–Crippen LogP) is 0.881. The van der Waals surface area contributed by atoms with E-state index in [2.05, 4.69) is 5.32 Å². The van der Waals surface area contributed by atoms with Crippen LogP contribution in [0, 0.1) is 5.92 Å². The van der Waals surface area contributed by atoms with Gasteiger partial charge in [0.1, 0.15) is 0 Å². The zero-order valence-electron chi connectivity index (χ0n) is 6.54. The minimum Gasteiger partial charge on any atom is -0.481 e. The average molecular weight is 180 g/mol. The number of rotatable bonds is 1. The molecule has 1 heterocycles. The Labute approximate surface area is 72.6 Å². The number of hydrogen-bond donors (Lipinski definition) is 2. The van der Waals surface area contributed by atoms with Crippen LogP contribution in [0.2, 0.25) is 0 Å². The van der Waals surface area contributed by atoms with Crippen molar-refractivity contribution < 1.29 is 9.90 Å². The molecule has 0 aromatic carbocycles. The highest BCUT2D eigenvalue weighted by Crippen LogP contribution is 2.15. The van der Waals surface area contributed by atoms with Gasteiger partial charge in [-0.2, -0.15) is 0 Å². The molecule has 66 valence electrons. The average Bonchev–Trinajstić information content (AvgIpc) is 1.88. The van der Waals surface area contributed by atoms with Gasteiger partial charge in [0.15, 0.2) is 0 Å². The van der Waals surface area contributed by atoms with Crippen LogP contribution in [0.1, 0.15) is 19.8 Å². The Kier molecular flexibility index (Phi) is 4.45. The molecule has 1 rings (SSSR count). The lowest BCUT2D eigenvalue weighted by atomic mass is 9.92. The van der Waals surface area contributed by atoms with E-state index < -0.39 is 5.97 Å². The fourth-order valence-electron chi connectivity index (χ4n) is 1.38. The third-order valence-electron chi connectivity index (χ3n) is 2.08. The van der Waals surface area contributed by atoms with Gasteiger partial charge in [0.2, 0.25) is 0 Å². The number of halogens is 1. The maximum absolute atomic E-state index is 10.5. The van der Waals surface area contributed by atoms with Crippen LogP contribution in [0.3, 0.4) is 0 Å². The van der Waals surface area contributed by atoms with E-state index in [1.165, 1.54) is 0 Å². The van der Waals surface area contributed by atoms with Crippen LogP contribution in [0.15, 0.2) is 0 Å². The minimum absolute atomic E-state index is 0. The molecule has 3 nitrogen and oxygen atoms in total. The van der Waals surface area contributed by atoms with Gasteiger partial charge in [-0.25, -0.2) is 0 Å². The first-order valence-electron chi connectivity index (χ1n) is 3.68. The first-order chi connectivity index (χ1) is 4.72. The number of carboxylic acid groups (broad SMARTS) is 1. The van der Waals surface area contributed by atoms with Gasteiger partial charge < -0.3 is 10.4 Å². The summed E-state index contributed by atoms with van der Waals surface area (Å²) in [6.07, 6.45) is 1.81. The number of aliphatic carboxylic acids is 1. The van der Waals surface area contributed by atoms with Crippen molar-refractivity contribution in [1.29, 1.82) is 0 Å².